The third-order valence-corrected chi connectivity index (χ3v) is 2.51. The summed E-state index contributed by atoms with van der Waals surface area (Å²) < 4.78 is 0. The zero-order valence-electron chi connectivity index (χ0n) is 11.6. The Morgan fingerprint density at radius 2 is 1.95 bits per heavy atom. The summed E-state index contributed by atoms with van der Waals surface area (Å²) in [6.07, 6.45) is 0.952. The molecule has 19 heavy (non-hydrogen) atoms. The van der Waals surface area contributed by atoms with E-state index in [1.807, 2.05) is 6.92 Å². The molecule has 0 aliphatic heterocycles. The molecule has 106 valence electrons. The highest BCUT2D eigenvalue weighted by Crippen LogP contribution is 2.12. The predicted octanol–water partition coefficient (Wildman–Crippen LogP) is 0.871. The quantitative estimate of drug-likeness (QED) is 0.836. The molecular formula is C11H19ClN6O. The van der Waals surface area contributed by atoms with Gasteiger partial charge in [0.25, 0.3) is 0 Å². The Labute approximate surface area is 118 Å². The highest BCUT2D eigenvalue weighted by atomic mass is 35.5. The summed E-state index contributed by atoms with van der Waals surface area (Å²) in [5.41, 5.74) is 0. The van der Waals surface area contributed by atoms with Gasteiger partial charge in [0.05, 0.1) is 6.54 Å². The van der Waals surface area contributed by atoms with E-state index in [4.69, 9.17) is 11.6 Å². The Bertz CT molecular complexity index is 439. The van der Waals surface area contributed by atoms with E-state index in [0.717, 1.165) is 13.0 Å². The topological polar surface area (TPSA) is 74.2 Å². The summed E-state index contributed by atoms with van der Waals surface area (Å²) in [6, 6.07) is 0. The number of likely N-dealkylation sites (N-methyl/N-ethyl adjacent to an activating group) is 2. The van der Waals surface area contributed by atoms with Gasteiger partial charge in [0.15, 0.2) is 0 Å². The molecule has 0 atom stereocenters. The molecule has 1 aromatic rings. The number of rotatable bonds is 6. The summed E-state index contributed by atoms with van der Waals surface area (Å²) in [5.74, 6) is 0.747. The number of hydrogen-bond acceptors (Lipinski definition) is 6. The fourth-order valence-electron chi connectivity index (χ4n) is 1.24. The van der Waals surface area contributed by atoms with Crippen LogP contribution in [0, 0.1) is 0 Å². The molecular weight excluding hydrogens is 268 g/mol. The molecule has 0 aromatic carbocycles. The number of halogens is 1. The molecule has 1 heterocycles. The number of hydrogen-bond donors (Lipinski definition) is 1. The first kappa shape index (κ1) is 15.4. The average Bonchev–Trinajstić information content (AvgIpc) is 2.35. The van der Waals surface area contributed by atoms with E-state index in [1.54, 1.807) is 26.0 Å². The lowest BCUT2D eigenvalue weighted by Gasteiger charge is -2.19. The maximum atomic E-state index is 11.6. The highest BCUT2D eigenvalue weighted by Gasteiger charge is 2.13. The zero-order chi connectivity index (χ0) is 14.4. The third-order valence-electron chi connectivity index (χ3n) is 2.34. The van der Waals surface area contributed by atoms with Crippen LogP contribution in [0.3, 0.4) is 0 Å². The maximum Gasteiger partial charge on any atom is 0.241 e. The van der Waals surface area contributed by atoms with Crippen LogP contribution < -0.4 is 10.2 Å². The molecule has 1 aromatic heterocycles. The first-order chi connectivity index (χ1) is 8.93. The maximum absolute atomic E-state index is 11.6. The van der Waals surface area contributed by atoms with Crippen molar-refractivity contribution in [2.75, 3.05) is 44.4 Å². The number of carbonyl (C=O) groups excluding carboxylic acids is 1. The Morgan fingerprint density at radius 3 is 2.53 bits per heavy atom. The zero-order valence-corrected chi connectivity index (χ0v) is 12.4. The van der Waals surface area contributed by atoms with E-state index in [9.17, 15) is 4.79 Å². The molecule has 0 unspecified atom stereocenters. The molecule has 0 radical (unpaired) electrons. The standard InChI is InChI=1S/C11H19ClN6O/c1-5-6-13-10-14-9(12)15-11(16-10)18(4)7-8(19)17(2)3/h5-7H2,1-4H3,(H,13,14,15,16). The number of amides is 1. The summed E-state index contributed by atoms with van der Waals surface area (Å²) in [6.45, 7) is 2.97. The van der Waals surface area contributed by atoms with Crippen molar-refractivity contribution in [3.63, 3.8) is 0 Å². The minimum Gasteiger partial charge on any atom is -0.354 e. The number of nitrogens with zero attached hydrogens (tertiary/aromatic N) is 5. The Kier molecular flexibility index (Phi) is 5.75. The van der Waals surface area contributed by atoms with Crippen molar-refractivity contribution in [1.82, 2.24) is 19.9 Å². The molecule has 0 bridgehead atoms. The molecule has 7 nitrogen and oxygen atoms in total. The molecule has 0 aliphatic carbocycles. The third kappa shape index (κ3) is 4.86. The predicted molar refractivity (Wildman–Crippen MR) is 75.6 cm³/mol. The number of aromatic nitrogens is 3. The minimum absolute atomic E-state index is 0.0397. The molecule has 1 rings (SSSR count). The van der Waals surface area contributed by atoms with Gasteiger partial charge in [0.1, 0.15) is 0 Å². The Morgan fingerprint density at radius 1 is 1.26 bits per heavy atom. The van der Waals surface area contributed by atoms with Gasteiger partial charge >= 0.3 is 0 Å². The fraction of sp³-hybridized carbons (Fsp3) is 0.636. The molecule has 0 saturated carbocycles. The lowest BCUT2D eigenvalue weighted by atomic mass is 10.5. The van der Waals surface area contributed by atoms with Gasteiger partial charge in [-0.25, -0.2) is 0 Å². The van der Waals surface area contributed by atoms with E-state index >= 15 is 0 Å². The summed E-state index contributed by atoms with van der Waals surface area (Å²) in [4.78, 5) is 27.0. The smallest absolute Gasteiger partial charge is 0.241 e. The first-order valence-corrected chi connectivity index (χ1v) is 6.38. The van der Waals surface area contributed by atoms with E-state index in [-0.39, 0.29) is 17.7 Å². The van der Waals surface area contributed by atoms with Crippen LogP contribution in [-0.2, 0) is 4.79 Å². The minimum atomic E-state index is -0.0397. The second-order valence-electron chi connectivity index (χ2n) is 4.30. The van der Waals surface area contributed by atoms with Crippen molar-refractivity contribution in [3.8, 4) is 0 Å². The molecule has 0 fully saturated rings. The molecule has 0 saturated heterocycles. The van der Waals surface area contributed by atoms with Gasteiger partial charge in [-0.15, -0.1) is 0 Å². The van der Waals surface area contributed by atoms with E-state index in [0.29, 0.717) is 11.9 Å². The number of carbonyl (C=O) groups is 1. The van der Waals surface area contributed by atoms with Crippen LogP contribution in [0.1, 0.15) is 13.3 Å². The van der Waals surface area contributed by atoms with Crippen molar-refractivity contribution in [2.24, 2.45) is 0 Å². The van der Waals surface area contributed by atoms with Gasteiger partial charge in [-0.2, -0.15) is 15.0 Å². The average molecular weight is 287 g/mol. The van der Waals surface area contributed by atoms with E-state index < -0.39 is 0 Å². The van der Waals surface area contributed by atoms with E-state index in [1.165, 1.54) is 4.90 Å². The van der Waals surface area contributed by atoms with Crippen LogP contribution in [0.5, 0.6) is 0 Å². The normalized spacial score (nSPS) is 10.2. The van der Waals surface area contributed by atoms with Gasteiger partial charge in [-0.1, -0.05) is 6.92 Å². The van der Waals surface area contributed by atoms with E-state index in [2.05, 4.69) is 20.3 Å². The lowest BCUT2D eigenvalue weighted by molar-refractivity contribution is -0.127. The Balaban J connectivity index is 2.81. The van der Waals surface area contributed by atoms with Gasteiger partial charge in [-0.05, 0) is 18.0 Å². The SMILES string of the molecule is CCCNc1nc(Cl)nc(N(C)CC(=O)N(C)C)n1. The van der Waals surface area contributed by atoms with Crippen molar-refractivity contribution >= 4 is 29.4 Å². The van der Waals surface area contributed by atoms with Crippen LogP contribution in [0.2, 0.25) is 5.28 Å². The lowest BCUT2D eigenvalue weighted by Crippen LogP contribution is -2.35. The van der Waals surface area contributed by atoms with Crippen LogP contribution in [0.4, 0.5) is 11.9 Å². The second-order valence-corrected chi connectivity index (χ2v) is 4.64. The summed E-state index contributed by atoms with van der Waals surface area (Å²) in [5, 5.41) is 3.14. The highest BCUT2D eigenvalue weighted by molar-refractivity contribution is 6.28. The van der Waals surface area contributed by atoms with Gasteiger partial charge < -0.3 is 15.1 Å². The van der Waals surface area contributed by atoms with Crippen molar-refractivity contribution in [1.29, 1.82) is 0 Å². The van der Waals surface area contributed by atoms with Crippen molar-refractivity contribution < 1.29 is 4.79 Å². The largest absolute Gasteiger partial charge is 0.354 e. The molecule has 1 amide bonds. The van der Waals surface area contributed by atoms with Crippen LogP contribution in [-0.4, -0.2) is 60.0 Å². The Hall–Kier alpha value is -1.63. The number of anilines is 2. The number of nitrogens with one attached hydrogen (secondary N) is 1. The second kappa shape index (κ2) is 7.08. The van der Waals surface area contributed by atoms with Crippen molar-refractivity contribution in [2.45, 2.75) is 13.3 Å². The fourth-order valence-corrected chi connectivity index (χ4v) is 1.40. The first-order valence-electron chi connectivity index (χ1n) is 6.00. The summed E-state index contributed by atoms with van der Waals surface area (Å²) in [7, 11) is 5.13. The molecule has 0 spiro atoms. The molecule has 8 heteroatoms. The van der Waals surface area contributed by atoms with Crippen molar-refractivity contribution in [3.05, 3.63) is 5.28 Å². The van der Waals surface area contributed by atoms with Gasteiger partial charge in [0, 0.05) is 27.7 Å². The summed E-state index contributed by atoms with van der Waals surface area (Å²) >= 11 is 5.85. The van der Waals surface area contributed by atoms with Gasteiger partial charge in [-0.3, -0.25) is 4.79 Å². The van der Waals surface area contributed by atoms with Crippen LogP contribution in [0.25, 0.3) is 0 Å². The molecule has 1 N–H and O–H groups in total. The van der Waals surface area contributed by atoms with Gasteiger partial charge in [0.2, 0.25) is 23.1 Å². The van der Waals surface area contributed by atoms with Crippen LogP contribution >= 0.6 is 11.6 Å². The monoisotopic (exact) mass is 286 g/mol. The molecule has 0 aliphatic rings. The van der Waals surface area contributed by atoms with Crippen LogP contribution in [0.15, 0.2) is 0 Å².